The van der Waals surface area contributed by atoms with Crippen molar-refractivity contribution in [2.24, 2.45) is 11.8 Å². The lowest BCUT2D eigenvalue weighted by molar-refractivity contribution is 0.0297. The van der Waals surface area contributed by atoms with Crippen molar-refractivity contribution in [3.63, 3.8) is 0 Å². The first-order valence-corrected chi connectivity index (χ1v) is 9.16. The van der Waals surface area contributed by atoms with Crippen molar-refractivity contribution in [2.75, 3.05) is 13.2 Å². The van der Waals surface area contributed by atoms with Gasteiger partial charge in [0.25, 0.3) is 0 Å². The van der Waals surface area contributed by atoms with E-state index in [1.165, 1.54) is 0 Å². The highest BCUT2D eigenvalue weighted by Crippen LogP contribution is 2.29. The molecule has 0 N–H and O–H groups in total. The summed E-state index contributed by atoms with van der Waals surface area (Å²) in [6.45, 7) is 0.925. The first-order valence-electron chi connectivity index (χ1n) is 9.16. The fourth-order valence-corrected chi connectivity index (χ4v) is 3.27. The molecule has 1 saturated carbocycles. The Hall–Kier alpha value is -2.62. The number of esters is 2. The average Bonchev–Trinajstić information content (AvgIpc) is 2.72. The van der Waals surface area contributed by atoms with Crippen molar-refractivity contribution in [2.45, 2.75) is 25.7 Å². The van der Waals surface area contributed by atoms with Gasteiger partial charge in [0, 0.05) is 0 Å². The number of carbonyl (C=O) groups excluding carboxylic acids is 2. The van der Waals surface area contributed by atoms with Gasteiger partial charge in [-0.1, -0.05) is 36.4 Å². The minimum absolute atomic E-state index is 0.260. The van der Waals surface area contributed by atoms with Gasteiger partial charge in [-0.15, -0.1) is 0 Å². The molecule has 1 aliphatic carbocycles. The predicted octanol–water partition coefficient (Wildman–Crippen LogP) is 4.51. The summed E-state index contributed by atoms with van der Waals surface area (Å²) >= 11 is 0. The Morgan fingerprint density at radius 1 is 0.654 bits per heavy atom. The Labute approximate surface area is 154 Å². The van der Waals surface area contributed by atoms with Crippen LogP contribution in [-0.4, -0.2) is 25.2 Å². The normalized spacial score (nSPS) is 19.5. The van der Waals surface area contributed by atoms with Crippen LogP contribution in [0.25, 0.3) is 0 Å². The Morgan fingerprint density at radius 2 is 1.00 bits per heavy atom. The van der Waals surface area contributed by atoms with Gasteiger partial charge in [-0.25, -0.2) is 9.59 Å². The lowest BCUT2D eigenvalue weighted by atomic mass is 9.83. The van der Waals surface area contributed by atoms with Crippen molar-refractivity contribution in [3.05, 3.63) is 71.8 Å². The van der Waals surface area contributed by atoms with Crippen molar-refractivity contribution in [1.29, 1.82) is 0 Å². The maximum Gasteiger partial charge on any atom is 0.338 e. The molecule has 3 rings (SSSR count). The summed E-state index contributed by atoms with van der Waals surface area (Å²) in [7, 11) is 0. The van der Waals surface area contributed by atoms with Crippen LogP contribution >= 0.6 is 0 Å². The monoisotopic (exact) mass is 352 g/mol. The Kier molecular flexibility index (Phi) is 6.42. The van der Waals surface area contributed by atoms with E-state index < -0.39 is 0 Å². The molecule has 0 spiro atoms. The van der Waals surface area contributed by atoms with Crippen LogP contribution in [-0.2, 0) is 9.47 Å². The van der Waals surface area contributed by atoms with E-state index in [0.29, 0.717) is 36.2 Å². The number of hydrogen-bond donors (Lipinski definition) is 0. The van der Waals surface area contributed by atoms with Crippen LogP contribution in [0, 0.1) is 11.8 Å². The first-order chi connectivity index (χ1) is 12.7. The first kappa shape index (κ1) is 18.2. The Bertz CT molecular complexity index is 640. The van der Waals surface area contributed by atoms with Gasteiger partial charge < -0.3 is 9.47 Å². The third-order valence-electron chi connectivity index (χ3n) is 4.89. The number of hydrogen-bond acceptors (Lipinski definition) is 4. The van der Waals surface area contributed by atoms with Crippen LogP contribution < -0.4 is 0 Å². The van der Waals surface area contributed by atoms with E-state index in [4.69, 9.17) is 9.47 Å². The van der Waals surface area contributed by atoms with Gasteiger partial charge in [-0.2, -0.15) is 0 Å². The second-order valence-corrected chi connectivity index (χ2v) is 6.82. The minimum atomic E-state index is -0.260. The lowest BCUT2D eigenvalue weighted by Crippen LogP contribution is -2.24. The molecular weight excluding hydrogens is 328 g/mol. The van der Waals surface area contributed by atoms with Crippen molar-refractivity contribution in [1.82, 2.24) is 0 Å². The van der Waals surface area contributed by atoms with E-state index in [1.54, 1.807) is 24.3 Å². The summed E-state index contributed by atoms with van der Waals surface area (Å²) in [6.07, 6.45) is 3.98. The van der Waals surface area contributed by atoms with E-state index in [-0.39, 0.29) is 11.9 Å². The molecule has 0 atom stereocenters. The standard InChI is InChI=1S/C22H24O4/c23-21(19-7-3-1-4-8-19)25-15-17-11-13-18(14-12-17)16-26-22(24)20-9-5-2-6-10-20/h1-10,17-18H,11-16H2. The fraction of sp³-hybridized carbons (Fsp3) is 0.364. The maximum absolute atomic E-state index is 12.0. The molecule has 0 heterocycles. The smallest absolute Gasteiger partial charge is 0.338 e. The van der Waals surface area contributed by atoms with Crippen molar-refractivity contribution in [3.8, 4) is 0 Å². The van der Waals surface area contributed by atoms with Crippen LogP contribution in [0.1, 0.15) is 46.4 Å². The van der Waals surface area contributed by atoms with Crippen LogP contribution in [0.3, 0.4) is 0 Å². The van der Waals surface area contributed by atoms with E-state index in [0.717, 1.165) is 25.7 Å². The summed E-state index contributed by atoms with van der Waals surface area (Å²) < 4.78 is 10.9. The Balaban J connectivity index is 1.35. The van der Waals surface area contributed by atoms with Crippen LogP contribution in [0.15, 0.2) is 60.7 Å². The van der Waals surface area contributed by atoms with E-state index in [9.17, 15) is 9.59 Å². The number of carbonyl (C=O) groups is 2. The zero-order chi connectivity index (χ0) is 18.2. The third-order valence-corrected chi connectivity index (χ3v) is 4.89. The zero-order valence-electron chi connectivity index (χ0n) is 14.8. The molecule has 0 saturated heterocycles. The molecular formula is C22H24O4. The Morgan fingerprint density at radius 3 is 1.35 bits per heavy atom. The molecule has 1 fully saturated rings. The molecule has 0 amide bonds. The molecule has 26 heavy (non-hydrogen) atoms. The van der Waals surface area contributed by atoms with E-state index in [2.05, 4.69) is 0 Å². The molecule has 0 bridgehead atoms. The SMILES string of the molecule is O=C(OCC1CCC(COC(=O)c2ccccc2)CC1)c1ccccc1. The predicted molar refractivity (Wildman–Crippen MR) is 98.9 cm³/mol. The van der Waals surface area contributed by atoms with Gasteiger partial charge in [0.1, 0.15) is 0 Å². The molecule has 2 aromatic carbocycles. The summed E-state index contributed by atoms with van der Waals surface area (Å²) in [5, 5.41) is 0. The number of ether oxygens (including phenoxy) is 2. The zero-order valence-corrected chi connectivity index (χ0v) is 14.8. The van der Waals surface area contributed by atoms with Gasteiger partial charge in [0.15, 0.2) is 0 Å². The lowest BCUT2D eigenvalue weighted by Gasteiger charge is -2.27. The second-order valence-electron chi connectivity index (χ2n) is 6.82. The van der Waals surface area contributed by atoms with Crippen LogP contribution in [0.2, 0.25) is 0 Å². The summed E-state index contributed by atoms with van der Waals surface area (Å²) in [5.74, 6) is 0.265. The van der Waals surface area contributed by atoms with Crippen molar-refractivity contribution >= 4 is 11.9 Å². The quantitative estimate of drug-likeness (QED) is 0.718. The topological polar surface area (TPSA) is 52.6 Å². The molecule has 0 radical (unpaired) electrons. The largest absolute Gasteiger partial charge is 0.462 e. The summed E-state index contributed by atoms with van der Waals surface area (Å²) in [6, 6.07) is 18.1. The van der Waals surface area contributed by atoms with Gasteiger partial charge in [-0.3, -0.25) is 0 Å². The summed E-state index contributed by atoms with van der Waals surface area (Å²) in [5.41, 5.74) is 1.18. The van der Waals surface area contributed by atoms with Gasteiger partial charge in [0.05, 0.1) is 24.3 Å². The molecule has 0 aliphatic heterocycles. The van der Waals surface area contributed by atoms with E-state index >= 15 is 0 Å². The number of benzene rings is 2. The van der Waals surface area contributed by atoms with Gasteiger partial charge in [-0.05, 0) is 61.8 Å². The second kappa shape index (κ2) is 9.18. The third kappa shape index (κ3) is 5.19. The highest BCUT2D eigenvalue weighted by atomic mass is 16.5. The highest BCUT2D eigenvalue weighted by molar-refractivity contribution is 5.89. The molecule has 0 aromatic heterocycles. The summed E-state index contributed by atoms with van der Waals surface area (Å²) in [4.78, 5) is 24.0. The van der Waals surface area contributed by atoms with E-state index in [1.807, 2.05) is 36.4 Å². The molecule has 1 aliphatic rings. The molecule has 2 aromatic rings. The van der Waals surface area contributed by atoms with Gasteiger partial charge in [0.2, 0.25) is 0 Å². The maximum atomic E-state index is 12.0. The van der Waals surface area contributed by atoms with Crippen LogP contribution in [0.5, 0.6) is 0 Å². The molecule has 0 unspecified atom stereocenters. The molecule has 4 nitrogen and oxygen atoms in total. The van der Waals surface area contributed by atoms with Crippen LogP contribution in [0.4, 0.5) is 0 Å². The van der Waals surface area contributed by atoms with Gasteiger partial charge >= 0.3 is 11.9 Å². The molecule has 136 valence electrons. The van der Waals surface area contributed by atoms with Crippen molar-refractivity contribution < 1.29 is 19.1 Å². The number of rotatable bonds is 6. The average molecular weight is 352 g/mol. The highest BCUT2D eigenvalue weighted by Gasteiger charge is 2.23. The minimum Gasteiger partial charge on any atom is -0.462 e. The molecule has 4 heteroatoms. The fourth-order valence-electron chi connectivity index (χ4n) is 3.27.